The Hall–Kier alpha value is -4.49. The molecule has 1 aliphatic heterocycles. The third-order valence-electron chi connectivity index (χ3n) is 6.90. The molecule has 42 heavy (non-hydrogen) atoms. The molecule has 4 aromatic heterocycles. The van der Waals surface area contributed by atoms with Gasteiger partial charge in [0, 0.05) is 34.8 Å². The number of carbonyl (C=O) groups excluding carboxylic acids is 1. The van der Waals surface area contributed by atoms with Gasteiger partial charge in [0.25, 0.3) is 5.56 Å². The Bertz CT molecular complexity index is 1850. The van der Waals surface area contributed by atoms with E-state index in [1.54, 1.807) is 30.3 Å². The molecule has 1 amide bonds. The molecule has 0 saturated heterocycles. The van der Waals surface area contributed by atoms with Gasteiger partial charge in [-0.15, -0.1) is 5.10 Å². The lowest BCUT2D eigenvalue weighted by molar-refractivity contribution is -0.116. The molecule has 6 rings (SSSR count). The molecule has 0 aliphatic carbocycles. The van der Waals surface area contributed by atoms with Crippen molar-refractivity contribution in [1.82, 2.24) is 39.3 Å². The first-order chi connectivity index (χ1) is 20.3. The van der Waals surface area contributed by atoms with Gasteiger partial charge in [-0.25, -0.2) is 14.3 Å². The summed E-state index contributed by atoms with van der Waals surface area (Å²) in [6.45, 7) is -2.93. The third kappa shape index (κ3) is 5.40. The zero-order chi connectivity index (χ0) is 29.4. The molecule has 214 valence electrons. The van der Waals surface area contributed by atoms with Gasteiger partial charge >= 0.3 is 6.55 Å². The minimum atomic E-state index is -2.93. The molecule has 1 N–H and O–H groups in total. The van der Waals surface area contributed by atoms with Gasteiger partial charge in [-0.3, -0.25) is 19.1 Å². The molecule has 15 heteroatoms. The number of fused-ring (bicyclic) bond motifs is 4. The van der Waals surface area contributed by atoms with Crippen LogP contribution in [0.5, 0.6) is 0 Å². The van der Waals surface area contributed by atoms with E-state index < -0.39 is 12.6 Å². The number of halogens is 4. The maximum Gasteiger partial charge on any atom is 0.333 e. The third-order valence-corrected chi connectivity index (χ3v) is 7.31. The number of hydrogen-bond donors (Lipinski definition) is 1. The summed E-state index contributed by atoms with van der Waals surface area (Å²) in [5.74, 6) is -0.314. The molecule has 1 atom stereocenters. The predicted octanol–water partition coefficient (Wildman–Crippen LogP) is 5.55. The highest BCUT2D eigenvalue weighted by Gasteiger charge is 2.24. The number of aromatic nitrogens is 8. The van der Waals surface area contributed by atoms with Crippen LogP contribution < -0.4 is 10.9 Å². The first kappa shape index (κ1) is 27.7. The number of nitrogens with one attached hydrogen (secondary N) is 1. The normalized spacial score (nSPS) is 15.5. The highest BCUT2D eigenvalue weighted by molar-refractivity contribution is 6.31. The summed E-state index contributed by atoms with van der Waals surface area (Å²) in [4.78, 5) is 35.2. The van der Waals surface area contributed by atoms with E-state index in [1.807, 2.05) is 0 Å². The summed E-state index contributed by atoms with van der Waals surface area (Å²) in [6, 6.07) is 9.03. The molecule has 1 aliphatic rings. The van der Waals surface area contributed by atoms with E-state index in [1.165, 1.54) is 40.2 Å². The molecule has 5 heterocycles. The van der Waals surface area contributed by atoms with Crippen LogP contribution in [0.25, 0.3) is 28.2 Å². The van der Waals surface area contributed by atoms with Crippen LogP contribution in [0.15, 0.2) is 66.1 Å². The van der Waals surface area contributed by atoms with E-state index in [-0.39, 0.29) is 34.4 Å². The Morgan fingerprint density at radius 1 is 1.05 bits per heavy atom. The fraction of sp³-hybridized carbons (Fsp3) is 0.222. The van der Waals surface area contributed by atoms with Crippen molar-refractivity contribution in [3.8, 4) is 28.2 Å². The van der Waals surface area contributed by atoms with E-state index in [2.05, 4.69) is 30.7 Å². The molecule has 0 radical (unpaired) electrons. The molecule has 11 nitrogen and oxygen atoms in total. The number of rotatable bonds is 4. The number of nitrogens with zero attached hydrogens (tertiary/aromatic N) is 8. The maximum atomic E-state index is 13.8. The number of anilines is 1. The monoisotopic (exact) mass is 611 g/mol. The van der Waals surface area contributed by atoms with Crippen molar-refractivity contribution in [2.75, 3.05) is 5.32 Å². The lowest BCUT2D eigenvalue weighted by Crippen LogP contribution is -2.26. The Balaban J connectivity index is 1.44. The summed E-state index contributed by atoms with van der Waals surface area (Å²) in [6.07, 6.45) is 7.34. The minimum Gasteiger partial charge on any atom is -0.323 e. The first-order valence-electron chi connectivity index (χ1n) is 12.9. The molecular formula is C27H21Cl2F2N9O2. The van der Waals surface area contributed by atoms with Crippen molar-refractivity contribution in [3.05, 3.63) is 87.5 Å². The minimum absolute atomic E-state index is 0.0452. The maximum absolute atomic E-state index is 13.8. The second-order valence-corrected chi connectivity index (χ2v) is 10.4. The second kappa shape index (κ2) is 11.4. The van der Waals surface area contributed by atoms with Gasteiger partial charge in [-0.2, -0.15) is 13.9 Å². The molecule has 1 aromatic carbocycles. The zero-order valence-electron chi connectivity index (χ0n) is 21.7. The smallest absolute Gasteiger partial charge is 0.323 e. The summed E-state index contributed by atoms with van der Waals surface area (Å²) in [5, 5.41) is 14.9. The zero-order valence-corrected chi connectivity index (χ0v) is 23.2. The standard InChI is InChI=1S/C27H21Cl2F2N9O2/c28-16-5-6-21(39-13-23(29)36-37-39)17(10-16)18-11-25(42)38(14-33-18)22-3-1-2-4-24(41)35-20-12-34-40(27(30)31)26(20)15-7-8-32-19(22)9-15/h5-14,22,27H,1-4H2,(H,35,41)/t22-/m0/s1. The van der Waals surface area contributed by atoms with Crippen LogP contribution in [0.1, 0.15) is 44.0 Å². The van der Waals surface area contributed by atoms with Crippen molar-refractivity contribution >= 4 is 34.8 Å². The van der Waals surface area contributed by atoms with Gasteiger partial charge in [0.2, 0.25) is 5.91 Å². The van der Waals surface area contributed by atoms with E-state index in [9.17, 15) is 18.4 Å². The summed E-state index contributed by atoms with van der Waals surface area (Å²) < 4.78 is 31.1. The Morgan fingerprint density at radius 2 is 1.90 bits per heavy atom. The predicted molar refractivity (Wildman–Crippen MR) is 151 cm³/mol. The molecule has 0 unspecified atom stereocenters. The van der Waals surface area contributed by atoms with E-state index in [0.29, 0.717) is 57.2 Å². The Labute approximate surface area is 246 Å². The highest BCUT2D eigenvalue weighted by Crippen LogP contribution is 2.34. The van der Waals surface area contributed by atoms with E-state index >= 15 is 0 Å². The van der Waals surface area contributed by atoms with Gasteiger partial charge in [0.1, 0.15) is 0 Å². The topological polar surface area (TPSA) is 125 Å². The summed E-state index contributed by atoms with van der Waals surface area (Å²) in [5.41, 5.74) is 2.13. The van der Waals surface area contributed by atoms with Crippen LogP contribution in [0, 0.1) is 0 Å². The number of pyridine rings is 1. The lowest BCUT2D eigenvalue weighted by Gasteiger charge is -2.21. The molecule has 2 bridgehead atoms. The number of alkyl halides is 2. The number of amides is 1. The van der Waals surface area contributed by atoms with Gasteiger partial charge in [0.05, 0.1) is 53.2 Å². The van der Waals surface area contributed by atoms with Crippen LogP contribution in [0.3, 0.4) is 0 Å². The van der Waals surface area contributed by atoms with Gasteiger partial charge in [0.15, 0.2) is 5.15 Å². The summed E-state index contributed by atoms with van der Waals surface area (Å²) >= 11 is 12.2. The van der Waals surface area contributed by atoms with Crippen molar-refractivity contribution in [2.24, 2.45) is 0 Å². The first-order valence-corrected chi connectivity index (χ1v) is 13.6. The largest absolute Gasteiger partial charge is 0.333 e. The highest BCUT2D eigenvalue weighted by atomic mass is 35.5. The Kier molecular flexibility index (Phi) is 7.52. The van der Waals surface area contributed by atoms with Gasteiger partial charge in [-0.1, -0.05) is 34.8 Å². The molecule has 0 saturated carbocycles. The average molecular weight is 612 g/mol. The van der Waals surface area contributed by atoms with Crippen molar-refractivity contribution in [2.45, 2.75) is 38.3 Å². The number of carbonyl (C=O) groups is 1. The van der Waals surface area contributed by atoms with Crippen LogP contribution in [-0.2, 0) is 4.79 Å². The molecular weight excluding hydrogens is 591 g/mol. The fourth-order valence-corrected chi connectivity index (χ4v) is 5.30. The van der Waals surface area contributed by atoms with E-state index in [4.69, 9.17) is 23.2 Å². The number of benzene rings is 1. The van der Waals surface area contributed by atoms with Gasteiger partial charge in [-0.05, 0) is 43.2 Å². The lowest BCUT2D eigenvalue weighted by atomic mass is 10.0. The van der Waals surface area contributed by atoms with Crippen molar-refractivity contribution in [1.29, 1.82) is 0 Å². The van der Waals surface area contributed by atoms with Crippen molar-refractivity contribution < 1.29 is 13.6 Å². The fourth-order valence-electron chi connectivity index (χ4n) is 5.00. The van der Waals surface area contributed by atoms with E-state index in [0.717, 1.165) is 0 Å². The van der Waals surface area contributed by atoms with Gasteiger partial charge < -0.3 is 5.32 Å². The molecule has 0 spiro atoms. The summed E-state index contributed by atoms with van der Waals surface area (Å²) in [7, 11) is 0. The average Bonchev–Trinajstić information content (AvgIpc) is 3.59. The Morgan fingerprint density at radius 3 is 2.67 bits per heavy atom. The van der Waals surface area contributed by atoms with Crippen LogP contribution >= 0.6 is 23.2 Å². The number of hydrogen-bond acceptors (Lipinski definition) is 7. The van der Waals surface area contributed by atoms with Crippen LogP contribution in [-0.4, -0.2) is 45.2 Å². The van der Waals surface area contributed by atoms with Crippen LogP contribution in [0.2, 0.25) is 10.2 Å². The second-order valence-electron chi connectivity index (χ2n) is 9.58. The SMILES string of the molecule is O=C1CCCC[C@H](n2cnc(-c3cc(Cl)ccc3-n3cc(Cl)nn3)cc2=O)c2cc(ccn2)-c2c(cnn2C(F)F)N1. The van der Waals surface area contributed by atoms with Crippen LogP contribution in [0.4, 0.5) is 14.5 Å². The molecule has 5 aromatic rings. The quantitative estimate of drug-likeness (QED) is 0.282. The molecule has 0 fully saturated rings. The van der Waals surface area contributed by atoms with Crippen molar-refractivity contribution in [3.63, 3.8) is 0 Å².